The Hall–Kier alpha value is -0.990. The lowest BCUT2D eigenvalue weighted by atomic mass is 10.2. The molecular formula is C13H21N3O4S. The Balaban J connectivity index is 1.57. The van der Waals surface area contributed by atoms with Gasteiger partial charge in [-0.05, 0) is 6.42 Å². The molecule has 0 bridgehead atoms. The average molecular weight is 315 g/mol. The van der Waals surface area contributed by atoms with Crippen LogP contribution in [0.5, 0.6) is 0 Å². The minimum absolute atomic E-state index is 0.122. The van der Waals surface area contributed by atoms with Crippen LogP contribution in [0.4, 0.5) is 4.79 Å². The maximum absolute atomic E-state index is 12.5. The summed E-state index contributed by atoms with van der Waals surface area (Å²) in [4.78, 5) is 29.4. The number of hydrogen-bond donors (Lipinski definition) is 1. The number of carboxylic acid groups (broad SMARTS) is 1. The monoisotopic (exact) mass is 315 g/mol. The quantitative estimate of drug-likeness (QED) is 0.772. The summed E-state index contributed by atoms with van der Waals surface area (Å²) in [5.41, 5.74) is 0. The Morgan fingerprint density at radius 1 is 1.19 bits per heavy atom. The van der Waals surface area contributed by atoms with E-state index in [-0.39, 0.29) is 6.03 Å². The molecular weight excluding hydrogens is 294 g/mol. The lowest BCUT2D eigenvalue weighted by molar-refractivity contribution is -0.140. The van der Waals surface area contributed by atoms with Crippen LogP contribution in [0.15, 0.2) is 0 Å². The molecule has 3 saturated heterocycles. The van der Waals surface area contributed by atoms with Gasteiger partial charge in [0.2, 0.25) is 0 Å². The first-order valence-corrected chi connectivity index (χ1v) is 8.50. The van der Waals surface area contributed by atoms with Crippen LogP contribution in [-0.4, -0.2) is 94.9 Å². The lowest BCUT2D eigenvalue weighted by Gasteiger charge is -2.32. The highest BCUT2D eigenvalue weighted by Crippen LogP contribution is 2.25. The van der Waals surface area contributed by atoms with Crippen molar-refractivity contribution < 1.29 is 19.4 Å². The van der Waals surface area contributed by atoms with Crippen molar-refractivity contribution in [1.82, 2.24) is 14.7 Å². The number of carboxylic acids is 1. The molecule has 3 fully saturated rings. The van der Waals surface area contributed by atoms with Crippen molar-refractivity contribution in [3.63, 3.8) is 0 Å². The molecule has 1 unspecified atom stereocenters. The fraction of sp³-hybridized carbons (Fsp3) is 0.846. The first-order chi connectivity index (χ1) is 10.2. The van der Waals surface area contributed by atoms with Gasteiger partial charge >= 0.3 is 12.0 Å². The highest BCUT2D eigenvalue weighted by Gasteiger charge is 2.39. The zero-order valence-electron chi connectivity index (χ0n) is 11.9. The number of carbonyl (C=O) groups is 2. The third-order valence-electron chi connectivity index (χ3n) is 4.41. The van der Waals surface area contributed by atoms with Crippen molar-refractivity contribution in [2.45, 2.75) is 18.5 Å². The number of ether oxygens (including phenoxy) is 1. The van der Waals surface area contributed by atoms with Crippen molar-refractivity contribution >= 4 is 23.8 Å². The summed E-state index contributed by atoms with van der Waals surface area (Å²) in [6.45, 7) is 4.78. The molecule has 2 amide bonds. The molecule has 2 atom stereocenters. The summed E-state index contributed by atoms with van der Waals surface area (Å²) in [5, 5.41) is 9.18. The second kappa shape index (κ2) is 6.41. The predicted octanol–water partition coefficient (Wildman–Crippen LogP) is -0.0276. The van der Waals surface area contributed by atoms with Gasteiger partial charge in [-0.25, -0.2) is 9.59 Å². The molecule has 21 heavy (non-hydrogen) atoms. The van der Waals surface area contributed by atoms with Crippen LogP contribution in [-0.2, 0) is 9.53 Å². The maximum atomic E-state index is 12.5. The van der Waals surface area contributed by atoms with Gasteiger partial charge < -0.3 is 19.6 Å². The molecule has 3 aliphatic heterocycles. The number of carbonyl (C=O) groups excluding carboxylic acids is 1. The number of rotatable bonds is 2. The van der Waals surface area contributed by atoms with Crippen molar-refractivity contribution in [3.8, 4) is 0 Å². The fourth-order valence-electron chi connectivity index (χ4n) is 3.17. The minimum atomic E-state index is -0.905. The van der Waals surface area contributed by atoms with E-state index in [2.05, 4.69) is 4.90 Å². The summed E-state index contributed by atoms with van der Waals surface area (Å²) >= 11 is 1.51. The van der Waals surface area contributed by atoms with Crippen molar-refractivity contribution in [3.05, 3.63) is 0 Å². The molecule has 0 radical (unpaired) electrons. The third kappa shape index (κ3) is 3.12. The molecule has 1 N–H and O–H groups in total. The van der Waals surface area contributed by atoms with E-state index in [0.29, 0.717) is 30.8 Å². The van der Waals surface area contributed by atoms with E-state index < -0.39 is 12.0 Å². The number of urea groups is 1. The van der Waals surface area contributed by atoms with Crippen LogP contribution in [0.2, 0.25) is 0 Å². The molecule has 0 aromatic carbocycles. The van der Waals surface area contributed by atoms with Crippen LogP contribution in [0.3, 0.4) is 0 Å². The summed E-state index contributed by atoms with van der Waals surface area (Å²) < 4.78 is 5.36. The number of morpholine rings is 1. The van der Waals surface area contributed by atoms with E-state index in [1.165, 1.54) is 16.7 Å². The van der Waals surface area contributed by atoms with Crippen LogP contribution in [0, 0.1) is 0 Å². The molecule has 118 valence electrons. The molecule has 7 nitrogen and oxygen atoms in total. The van der Waals surface area contributed by atoms with Gasteiger partial charge in [0.1, 0.15) is 6.04 Å². The molecule has 3 rings (SSSR count). The molecule has 0 spiro atoms. The highest BCUT2D eigenvalue weighted by molar-refractivity contribution is 7.99. The normalized spacial score (nSPS) is 30.9. The van der Waals surface area contributed by atoms with Crippen LogP contribution in [0.25, 0.3) is 0 Å². The zero-order chi connectivity index (χ0) is 14.8. The number of amides is 2. The first kappa shape index (κ1) is 14.9. The Morgan fingerprint density at radius 2 is 1.95 bits per heavy atom. The molecule has 0 saturated carbocycles. The number of likely N-dealkylation sites (tertiary alicyclic amines) is 1. The summed E-state index contributed by atoms with van der Waals surface area (Å²) in [7, 11) is 0. The van der Waals surface area contributed by atoms with Crippen LogP contribution < -0.4 is 0 Å². The molecule has 0 aromatic rings. The van der Waals surface area contributed by atoms with Gasteiger partial charge in [0.15, 0.2) is 0 Å². The van der Waals surface area contributed by atoms with Gasteiger partial charge in [-0.3, -0.25) is 4.90 Å². The first-order valence-electron chi connectivity index (χ1n) is 7.34. The van der Waals surface area contributed by atoms with Gasteiger partial charge in [0.05, 0.1) is 19.1 Å². The largest absolute Gasteiger partial charge is 0.480 e. The topological polar surface area (TPSA) is 73.3 Å². The van der Waals surface area contributed by atoms with Crippen molar-refractivity contribution in [2.24, 2.45) is 0 Å². The molecule has 3 aliphatic rings. The van der Waals surface area contributed by atoms with Crippen LogP contribution in [0.1, 0.15) is 6.42 Å². The van der Waals surface area contributed by atoms with Crippen molar-refractivity contribution in [2.75, 3.05) is 51.0 Å². The number of aliphatic carboxylic acids is 1. The van der Waals surface area contributed by atoms with Gasteiger partial charge in [0, 0.05) is 38.0 Å². The fourth-order valence-corrected chi connectivity index (χ4v) is 4.31. The van der Waals surface area contributed by atoms with E-state index in [1.54, 1.807) is 0 Å². The number of nitrogens with zero attached hydrogens (tertiary/aromatic N) is 3. The molecule has 8 heteroatoms. The standard InChI is InChI=1S/C13H21N3O4S/c17-12(18)11-8-21-9-16(11)13(19)15-2-1-10(7-15)14-3-5-20-6-4-14/h10-11H,1-9H2,(H,17,18)/t10?,11-/m0/s1. The number of thioether (sulfide) groups is 1. The third-order valence-corrected chi connectivity index (χ3v) is 5.42. The molecule has 0 aromatic heterocycles. The second-order valence-corrected chi connectivity index (χ2v) is 6.64. The van der Waals surface area contributed by atoms with Crippen molar-refractivity contribution in [1.29, 1.82) is 0 Å². The minimum Gasteiger partial charge on any atom is -0.480 e. The number of hydrogen-bond acceptors (Lipinski definition) is 5. The molecule has 0 aliphatic carbocycles. The SMILES string of the molecule is O=C(O)[C@@H]1CSCN1C(=O)N1CCC(N2CCOCC2)C1. The Labute approximate surface area is 128 Å². The Bertz CT molecular complexity index is 416. The van der Waals surface area contributed by atoms with E-state index >= 15 is 0 Å². The van der Waals surface area contributed by atoms with E-state index in [0.717, 1.165) is 32.7 Å². The summed E-state index contributed by atoms with van der Waals surface area (Å²) in [6, 6.07) is -0.413. The second-order valence-electron chi connectivity index (χ2n) is 5.64. The average Bonchev–Trinajstić information content (AvgIpc) is 3.17. The van der Waals surface area contributed by atoms with E-state index in [1.807, 2.05) is 4.90 Å². The van der Waals surface area contributed by atoms with Gasteiger partial charge in [-0.1, -0.05) is 0 Å². The van der Waals surface area contributed by atoms with E-state index in [4.69, 9.17) is 4.74 Å². The summed E-state index contributed by atoms with van der Waals surface area (Å²) in [5.74, 6) is 0.0633. The van der Waals surface area contributed by atoms with Gasteiger partial charge in [-0.15, -0.1) is 11.8 Å². The summed E-state index contributed by atoms with van der Waals surface area (Å²) in [6.07, 6.45) is 0.963. The maximum Gasteiger partial charge on any atom is 0.327 e. The Morgan fingerprint density at radius 3 is 2.67 bits per heavy atom. The zero-order valence-corrected chi connectivity index (χ0v) is 12.8. The van der Waals surface area contributed by atoms with Crippen LogP contribution >= 0.6 is 11.8 Å². The van der Waals surface area contributed by atoms with Gasteiger partial charge in [0.25, 0.3) is 0 Å². The highest BCUT2D eigenvalue weighted by atomic mass is 32.2. The smallest absolute Gasteiger partial charge is 0.327 e. The lowest BCUT2D eigenvalue weighted by Crippen LogP contribution is -2.49. The van der Waals surface area contributed by atoms with E-state index in [9.17, 15) is 14.7 Å². The molecule has 3 heterocycles. The van der Waals surface area contributed by atoms with Gasteiger partial charge in [-0.2, -0.15) is 0 Å². The Kier molecular flexibility index (Phi) is 4.56. The predicted molar refractivity (Wildman–Crippen MR) is 78.4 cm³/mol.